The minimum absolute atomic E-state index is 0.208. The van der Waals surface area contributed by atoms with Gasteiger partial charge in [0.25, 0.3) is 0 Å². The van der Waals surface area contributed by atoms with Crippen LogP contribution in [0.5, 0.6) is 5.88 Å². The molecule has 1 fully saturated rings. The fourth-order valence-electron chi connectivity index (χ4n) is 1.03. The molecular weight excluding hydrogens is 178 g/mol. The molecular formula is C11H17NO2. The number of nitrogens with zero attached hydrogens (tertiary/aromatic N) is 1. The first kappa shape index (κ1) is 11.0. The van der Waals surface area contributed by atoms with Gasteiger partial charge in [-0.1, -0.05) is 13.8 Å². The molecule has 2 heterocycles. The molecule has 1 aromatic rings. The van der Waals surface area contributed by atoms with E-state index in [1.54, 1.807) is 6.20 Å². The Morgan fingerprint density at radius 1 is 1.43 bits per heavy atom. The van der Waals surface area contributed by atoms with E-state index in [0.717, 1.165) is 0 Å². The van der Waals surface area contributed by atoms with Crippen LogP contribution in [0.25, 0.3) is 0 Å². The van der Waals surface area contributed by atoms with Gasteiger partial charge in [-0.05, 0) is 18.6 Å². The highest BCUT2D eigenvalue weighted by Gasteiger charge is 2.20. The van der Waals surface area contributed by atoms with E-state index in [1.165, 1.54) is 5.56 Å². The normalized spacial score (nSPS) is 15.1. The summed E-state index contributed by atoms with van der Waals surface area (Å²) in [6, 6.07) is 3.88. The molecule has 0 aliphatic carbocycles. The van der Waals surface area contributed by atoms with Crippen LogP contribution in [0, 0.1) is 6.92 Å². The molecule has 3 nitrogen and oxygen atoms in total. The van der Waals surface area contributed by atoms with Crippen LogP contribution in [0.1, 0.15) is 19.4 Å². The maximum atomic E-state index is 5.50. The van der Waals surface area contributed by atoms with Crippen molar-refractivity contribution in [3.63, 3.8) is 0 Å². The van der Waals surface area contributed by atoms with E-state index in [-0.39, 0.29) is 6.10 Å². The van der Waals surface area contributed by atoms with Crippen molar-refractivity contribution in [2.24, 2.45) is 0 Å². The Morgan fingerprint density at radius 3 is 2.64 bits per heavy atom. The van der Waals surface area contributed by atoms with Gasteiger partial charge in [0.1, 0.15) is 6.10 Å². The van der Waals surface area contributed by atoms with Crippen molar-refractivity contribution >= 4 is 0 Å². The monoisotopic (exact) mass is 195 g/mol. The van der Waals surface area contributed by atoms with Crippen LogP contribution in [-0.2, 0) is 4.74 Å². The molecule has 1 aliphatic rings. The zero-order valence-corrected chi connectivity index (χ0v) is 8.99. The highest BCUT2D eigenvalue weighted by molar-refractivity contribution is 5.19. The number of hydrogen-bond donors (Lipinski definition) is 0. The summed E-state index contributed by atoms with van der Waals surface area (Å²) in [5.41, 5.74) is 1.17. The molecule has 0 atom stereocenters. The van der Waals surface area contributed by atoms with Gasteiger partial charge in [0.05, 0.1) is 13.2 Å². The Bertz CT molecular complexity index is 272. The smallest absolute Gasteiger partial charge is 0.213 e. The molecule has 1 saturated heterocycles. The van der Waals surface area contributed by atoms with Gasteiger partial charge in [-0.25, -0.2) is 4.98 Å². The van der Waals surface area contributed by atoms with Crippen LogP contribution < -0.4 is 4.74 Å². The van der Waals surface area contributed by atoms with E-state index in [2.05, 4.69) is 4.98 Å². The van der Waals surface area contributed by atoms with E-state index >= 15 is 0 Å². The highest BCUT2D eigenvalue weighted by atomic mass is 16.6. The van der Waals surface area contributed by atoms with Gasteiger partial charge < -0.3 is 9.47 Å². The molecule has 0 bridgehead atoms. The molecule has 1 aromatic heterocycles. The molecule has 14 heavy (non-hydrogen) atoms. The Balaban J connectivity index is 0.000000461. The van der Waals surface area contributed by atoms with E-state index in [0.29, 0.717) is 19.1 Å². The summed E-state index contributed by atoms with van der Waals surface area (Å²) >= 11 is 0. The van der Waals surface area contributed by atoms with Gasteiger partial charge in [-0.15, -0.1) is 0 Å². The average Bonchev–Trinajstić information content (AvgIpc) is 2.15. The molecule has 0 N–H and O–H groups in total. The third kappa shape index (κ3) is 3.00. The quantitative estimate of drug-likeness (QED) is 0.725. The SMILES string of the molecule is CC.Cc1ccnc(OC2COC2)c1. The second-order valence-electron chi connectivity index (χ2n) is 2.95. The average molecular weight is 195 g/mol. The first-order valence-corrected chi connectivity index (χ1v) is 5.01. The number of pyridine rings is 1. The van der Waals surface area contributed by atoms with Crippen LogP contribution in [0.3, 0.4) is 0 Å². The predicted molar refractivity (Wildman–Crippen MR) is 55.6 cm³/mol. The number of hydrogen-bond acceptors (Lipinski definition) is 3. The Hall–Kier alpha value is -1.09. The second-order valence-corrected chi connectivity index (χ2v) is 2.95. The van der Waals surface area contributed by atoms with Crippen molar-refractivity contribution in [3.8, 4) is 5.88 Å². The van der Waals surface area contributed by atoms with Crippen LogP contribution in [0.2, 0.25) is 0 Å². The summed E-state index contributed by atoms with van der Waals surface area (Å²) < 4.78 is 10.5. The van der Waals surface area contributed by atoms with Gasteiger partial charge in [0.15, 0.2) is 0 Å². The number of aromatic nitrogens is 1. The maximum absolute atomic E-state index is 5.50. The Morgan fingerprint density at radius 2 is 2.14 bits per heavy atom. The molecule has 78 valence electrons. The minimum Gasteiger partial charge on any atom is -0.469 e. The van der Waals surface area contributed by atoms with E-state index in [4.69, 9.17) is 9.47 Å². The van der Waals surface area contributed by atoms with E-state index < -0.39 is 0 Å². The third-order valence-electron chi connectivity index (χ3n) is 1.79. The summed E-state index contributed by atoms with van der Waals surface area (Å²) in [6.45, 7) is 7.40. The van der Waals surface area contributed by atoms with Gasteiger partial charge in [-0.3, -0.25) is 0 Å². The highest BCUT2D eigenvalue weighted by Crippen LogP contribution is 2.13. The molecule has 0 saturated carbocycles. The predicted octanol–water partition coefficient (Wildman–Crippen LogP) is 2.19. The van der Waals surface area contributed by atoms with Crippen molar-refractivity contribution in [3.05, 3.63) is 23.9 Å². The fraction of sp³-hybridized carbons (Fsp3) is 0.545. The van der Waals surface area contributed by atoms with Crippen LogP contribution in [-0.4, -0.2) is 24.3 Å². The van der Waals surface area contributed by atoms with Crippen LogP contribution in [0.4, 0.5) is 0 Å². The first-order chi connectivity index (χ1) is 6.84. The van der Waals surface area contributed by atoms with Crippen molar-refractivity contribution < 1.29 is 9.47 Å². The summed E-state index contributed by atoms with van der Waals surface area (Å²) in [5.74, 6) is 0.698. The van der Waals surface area contributed by atoms with Gasteiger partial charge in [0.2, 0.25) is 5.88 Å². The standard InChI is InChI=1S/C9H11NO2.C2H6/c1-7-2-3-10-9(4-7)12-8-5-11-6-8;1-2/h2-4,8H,5-6H2,1H3;1-2H3. The second kappa shape index (κ2) is 5.60. The third-order valence-corrected chi connectivity index (χ3v) is 1.79. The Kier molecular flexibility index (Phi) is 4.40. The summed E-state index contributed by atoms with van der Waals surface area (Å²) in [6.07, 6.45) is 1.96. The number of rotatable bonds is 2. The lowest BCUT2D eigenvalue weighted by molar-refractivity contribution is -0.0813. The molecule has 0 amide bonds. The van der Waals surface area contributed by atoms with Crippen molar-refractivity contribution in [2.75, 3.05) is 13.2 Å². The molecule has 0 unspecified atom stereocenters. The molecule has 0 aromatic carbocycles. The Labute approximate surface area is 85.1 Å². The summed E-state index contributed by atoms with van der Waals surface area (Å²) in [4.78, 5) is 4.08. The molecule has 2 rings (SSSR count). The lowest BCUT2D eigenvalue weighted by Crippen LogP contribution is -2.38. The molecule has 0 spiro atoms. The van der Waals surface area contributed by atoms with Gasteiger partial charge in [-0.2, -0.15) is 0 Å². The van der Waals surface area contributed by atoms with E-state index in [9.17, 15) is 0 Å². The molecule has 0 radical (unpaired) electrons. The zero-order chi connectivity index (χ0) is 10.4. The topological polar surface area (TPSA) is 31.4 Å². The maximum Gasteiger partial charge on any atom is 0.213 e. The zero-order valence-electron chi connectivity index (χ0n) is 8.99. The van der Waals surface area contributed by atoms with Gasteiger partial charge in [0, 0.05) is 12.3 Å². The number of ether oxygens (including phenoxy) is 2. The van der Waals surface area contributed by atoms with Crippen LogP contribution >= 0.6 is 0 Å². The van der Waals surface area contributed by atoms with E-state index in [1.807, 2.05) is 32.9 Å². The lowest BCUT2D eigenvalue weighted by atomic mass is 10.3. The summed E-state index contributed by atoms with van der Waals surface area (Å²) in [7, 11) is 0. The molecule has 1 aliphatic heterocycles. The van der Waals surface area contributed by atoms with Crippen molar-refractivity contribution in [2.45, 2.75) is 26.9 Å². The number of aryl methyl sites for hydroxylation is 1. The summed E-state index contributed by atoms with van der Waals surface area (Å²) in [5, 5.41) is 0. The lowest BCUT2D eigenvalue weighted by Gasteiger charge is -2.26. The van der Waals surface area contributed by atoms with Gasteiger partial charge >= 0.3 is 0 Å². The molecule has 3 heteroatoms. The minimum atomic E-state index is 0.208. The first-order valence-electron chi connectivity index (χ1n) is 5.01. The van der Waals surface area contributed by atoms with Crippen molar-refractivity contribution in [1.82, 2.24) is 4.98 Å². The van der Waals surface area contributed by atoms with Crippen molar-refractivity contribution in [1.29, 1.82) is 0 Å². The van der Waals surface area contributed by atoms with Crippen LogP contribution in [0.15, 0.2) is 18.3 Å². The fourth-order valence-corrected chi connectivity index (χ4v) is 1.03. The largest absolute Gasteiger partial charge is 0.469 e.